The van der Waals surface area contributed by atoms with Crippen LogP contribution in [0.15, 0.2) is 0 Å². The highest BCUT2D eigenvalue weighted by atomic mass is 16.5. The summed E-state index contributed by atoms with van der Waals surface area (Å²) in [5, 5.41) is 23.9. The van der Waals surface area contributed by atoms with Crippen molar-refractivity contribution in [3.05, 3.63) is 0 Å². The van der Waals surface area contributed by atoms with Gasteiger partial charge < -0.3 is 39.8 Å². The number of carboxylic acids is 2. The molecule has 0 aliphatic carbocycles. The number of rotatable bonds is 46. The second-order valence-corrected chi connectivity index (χ2v) is 15.6. The Labute approximate surface area is 355 Å². The van der Waals surface area contributed by atoms with Gasteiger partial charge >= 0.3 is 11.9 Å². The molecule has 0 radical (unpaired) electrons. The molecule has 14 nitrogen and oxygen atoms in total. The van der Waals surface area contributed by atoms with Crippen LogP contribution >= 0.6 is 0 Å². The van der Waals surface area contributed by atoms with Gasteiger partial charge in [-0.1, -0.05) is 117 Å². The van der Waals surface area contributed by atoms with Crippen LogP contribution in [0.1, 0.15) is 181 Å². The van der Waals surface area contributed by atoms with Crippen molar-refractivity contribution >= 4 is 35.3 Å². The largest absolute Gasteiger partial charge is 0.481 e. The van der Waals surface area contributed by atoms with E-state index >= 15 is 0 Å². The Morgan fingerprint density at radius 3 is 1.54 bits per heavy atom. The molecule has 344 valence electrons. The fraction of sp³-hybridized carbons (Fsp3) is 0.867. The molecule has 59 heavy (non-hydrogen) atoms. The molecule has 0 spiro atoms. The molecule has 0 aliphatic heterocycles. The molecule has 0 bridgehead atoms. The van der Waals surface area contributed by atoms with Crippen LogP contribution in [0.25, 0.3) is 0 Å². The fourth-order valence-corrected chi connectivity index (χ4v) is 6.55. The summed E-state index contributed by atoms with van der Waals surface area (Å²) in [6.07, 6.45) is 23.7. The number of ether oxygens (including phenoxy) is 4. The van der Waals surface area contributed by atoms with Crippen molar-refractivity contribution in [2.75, 3.05) is 59.4 Å². The molecule has 1 unspecified atom stereocenters. The Morgan fingerprint density at radius 1 is 0.458 bits per heavy atom. The summed E-state index contributed by atoms with van der Waals surface area (Å²) in [5.74, 6) is -2.87. The van der Waals surface area contributed by atoms with Crippen molar-refractivity contribution in [1.82, 2.24) is 10.6 Å². The molecule has 0 saturated carbocycles. The Morgan fingerprint density at radius 2 is 0.966 bits per heavy atom. The molecule has 14 heteroatoms. The number of Topliss-reactive ketones (excluding diaryl/α,β-unsaturated/α-hetero) is 2. The lowest BCUT2D eigenvalue weighted by Crippen LogP contribution is -2.41. The minimum atomic E-state index is -1.14. The van der Waals surface area contributed by atoms with Crippen LogP contribution in [0.3, 0.4) is 0 Å². The van der Waals surface area contributed by atoms with E-state index in [4.69, 9.17) is 24.1 Å². The van der Waals surface area contributed by atoms with E-state index in [2.05, 4.69) is 17.6 Å². The maximum absolute atomic E-state index is 12.3. The zero-order valence-electron chi connectivity index (χ0n) is 36.9. The second kappa shape index (κ2) is 41.8. The van der Waals surface area contributed by atoms with Crippen molar-refractivity contribution in [3.8, 4) is 0 Å². The number of nitrogens with one attached hydrogen (secondary N) is 2. The molecular formula is C45H82N2O12. The minimum absolute atomic E-state index is 0.00477. The molecule has 0 rings (SSSR count). The van der Waals surface area contributed by atoms with E-state index < -0.39 is 18.0 Å². The highest BCUT2D eigenvalue weighted by Crippen LogP contribution is 2.16. The normalized spacial score (nSPS) is 12.2. The predicted molar refractivity (Wildman–Crippen MR) is 228 cm³/mol. The monoisotopic (exact) mass is 843 g/mol. The first kappa shape index (κ1) is 56.1. The van der Waals surface area contributed by atoms with E-state index in [0.29, 0.717) is 45.3 Å². The van der Waals surface area contributed by atoms with Crippen molar-refractivity contribution in [2.24, 2.45) is 5.92 Å². The second-order valence-electron chi connectivity index (χ2n) is 15.6. The maximum Gasteiger partial charge on any atom is 0.326 e. The topological polar surface area (TPSA) is 204 Å². The van der Waals surface area contributed by atoms with Crippen LogP contribution in [0.2, 0.25) is 0 Å². The van der Waals surface area contributed by atoms with Gasteiger partial charge in [0.25, 0.3) is 0 Å². The van der Waals surface area contributed by atoms with Gasteiger partial charge in [-0.15, -0.1) is 0 Å². The molecule has 2 atom stereocenters. The molecule has 0 aromatic rings. The highest BCUT2D eigenvalue weighted by molar-refractivity contribution is 5.84. The highest BCUT2D eigenvalue weighted by Gasteiger charge is 2.21. The Balaban J connectivity index is 3.66. The van der Waals surface area contributed by atoms with Crippen LogP contribution in [0, 0.1) is 5.92 Å². The summed E-state index contributed by atoms with van der Waals surface area (Å²) in [5.41, 5.74) is 0. The van der Waals surface area contributed by atoms with E-state index in [-0.39, 0.29) is 94.8 Å². The van der Waals surface area contributed by atoms with E-state index in [0.717, 1.165) is 38.5 Å². The molecule has 2 amide bonds. The Kier molecular flexibility index (Phi) is 39.7. The van der Waals surface area contributed by atoms with Crippen molar-refractivity contribution < 1.29 is 57.9 Å². The quantitative estimate of drug-likeness (QED) is 0.0435. The smallest absolute Gasteiger partial charge is 0.326 e. The van der Waals surface area contributed by atoms with Crippen LogP contribution in [0.5, 0.6) is 0 Å². The first-order valence-electron chi connectivity index (χ1n) is 23.0. The molecule has 0 fully saturated rings. The van der Waals surface area contributed by atoms with E-state index in [1.807, 2.05) is 6.92 Å². The zero-order chi connectivity index (χ0) is 43.6. The van der Waals surface area contributed by atoms with E-state index in [1.54, 1.807) is 0 Å². The summed E-state index contributed by atoms with van der Waals surface area (Å²) >= 11 is 0. The number of carboxylic acid groups (broad SMARTS) is 2. The molecule has 0 aromatic heterocycles. The summed E-state index contributed by atoms with van der Waals surface area (Å²) in [4.78, 5) is 71.2. The molecular weight excluding hydrogens is 760 g/mol. The zero-order valence-corrected chi connectivity index (χ0v) is 36.9. The molecule has 0 heterocycles. The van der Waals surface area contributed by atoms with Crippen LogP contribution in [0.4, 0.5) is 0 Å². The standard InChI is InChI=1S/C45H82N2O12/c1-3-5-6-7-8-9-10-11-12-13-14-15-16-17-21-26-42(50)47-41(45(54)55)28-27-39(48)25-22-30-56-32-35-59-37-43(51)46-29-31-57-33-34-58-36-40(49)24-20-18-19-23-38(4-2)44(52)53/h38,41H,3-37H2,1-2H3,(H,46,51)(H,47,50)(H,52,53)(H,54,55)/t38-,41?/m0/s1. The average Bonchev–Trinajstić information content (AvgIpc) is 3.20. The first-order chi connectivity index (χ1) is 28.6. The number of carbonyl (C=O) groups is 6. The lowest BCUT2D eigenvalue weighted by molar-refractivity contribution is -0.142. The maximum atomic E-state index is 12.3. The van der Waals surface area contributed by atoms with Gasteiger partial charge in [0.05, 0.1) is 39.0 Å². The fourth-order valence-electron chi connectivity index (χ4n) is 6.55. The van der Waals surface area contributed by atoms with Gasteiger partial charge in [-0.3, -0.25) is 24.0 Å². The first-order valence-corrected chi connectivity index (χ1v) is 23.0. The predicted octanol–water partition coefficient (Wildman–Crippen LogP) is 7.76. The van der Waals surface area contributed by atoms with Crippen molar-refractivity contribution in [1.29, 1.82) is 0 Å². The third kappa shape index (κ3) is 39.0. The molecule has 0 aliphatic rings. The third-order valence-electron chi connectivity index (χ3n) is 10.3. The van der Waals surface area contributed by atoms with Gasteiger partial charge in [0, 0.05) is 38.8 Å². The number of unbranched alkanes of at least 4 members (excludes halogenated alkanes) is 16. The number of carbonyl (C=O) groups excluding carboxylic acids is 4. The number of amides is 2. The minimum Gasteiger partial charge on any atom is -0.481 e. The number of hydrogen-bond donors (Lipinski definition) is 4. The third-order valence-corrected chi connectivity index (χ3v) is 10.3. The van der Waals surface area contributed by atoms with Gasteiger partial charge in [0.15, 0.2) is 5.78 Å². The molecule has 0 saturated heterocycles. The van der Waals surface area contributed by atoms with Crippen LogP contribution in [-0.2, 0) is 47.7 Å². The van der Waals surface area contributed by atoms with Gasteiger partial charge in [-0.25, -0.2) is 4.79 Å². The lowest BCUT2D eigenvalue weighted by atomic mass is 9.98. The summed E-state index contributed by atoms with van der Waals surface area (Å²) < 4.78 is 21.5. The Hall–Kier alpha value is -2.94. The average molecular weight is 843 g/mol. The number of hydrogen-bond acceptors (Lipinski definition) is 10. The van der Waals surface area contributed by atoms with Crippen molar-refractivity contribution in [3.63, 3.8) is 0 Å². The van der Waals surface area contributed by atoms with Gasteiger partial charge in [-0.2, -0.15) is 0 Å². The molecule has 0 aromatic carbocycles. The van der Waals surface area contributed by atoms with Gasteiger partial charge in [0.1, 0.15) is 25.0 Å². The van der Waals surface area contributed by atoms with Crippen LogP contribution < -0.4 is 10.6 Å². The summed E-state index contributed by atoms with van der Waals surface area (Å²) in [6, 6.07) is -1.08. The summed E-state index contributed by atoms with van der Waals surface area (Å²) in [6.45, 7) is 5.91. The van der Waals surface area contributed by atoms with E-state index in [1.165, 1.54) is 77.0 Å². The van der Waals surface area contributed by atoms with Gasteiger partial charge in [0.2, 0.25) is 11.8 Å². The van der Waals surface area contributed by atoms with Crippen LogP contribution in [-0.4, -0.2) is 111 Å². The molecule has 4 N–H and O–H groups in total. The van der Waals surface area contributed by atoms with Gasteiger partial charge in [-0.05, 0) is 38.5 Å². The number of aliphatic carboxylic acids is 2. The summed E-state index contributed by atoms with van der Waals surface area (Å²) in [7, 11) is 0. The Bertz CT molecular complexity index is 1090. The van der Waals surface area contributed by atoms with E-state index in [9.17, 15) is 33.9 Å². The SMILES string of the molecule is CCCCCCCCCCCCCCCCCC(=O)NC(CCC(=O)CCCOCCOCC(=O)NCCOCCOCC(=O)CCCCC[C@H](CC)C(=O)O)C(=O)O. The van der Waals surface area contributed by atoms with Crippen molar-refractivity contribution in [2.45, 2.75) is 187 Å². The number of ketones is 2. The lowest BCUT2D eigenvalue weighted by Gasteiger charge is -2.14.